The quantitative estimate of drug-likeness (QED) is 0.845. The summed E-state index contributed by atoms with van der Waals surface area (Å²) in [6.45, 7) is 3.50. The molecule has 2 amide bonds. The molecule has 1 aromatic carbocycles. The molecule has 0 spiro atoms. The van der Waals surface area contributed by atoms with E-state index >= 15 is 0 Å². The van der Waals surface area contributed by atoms with E-state index in [1.165, 1.54) is 11.9 Å². The Bertz CT molecular complexity index is 542. The number of fused-ring (bicyclic) bond motifs is 1. The van der Waals surface area contributed by atoms with E-state index in [0.717, 1.165) is 5.56 Å². The maximum absolute atomic E-state index is 12.2. The van der Waals surface area contributed by atoms with Crippen molar-refractivity contribution in [3.05, 3.63) is 23.8 Å². The van der Waals surface area contributed by atoms with Crippen LogP contribution < -0.4 is 20.7 Å². The Labute approximate surface area is 117 Å². The molecule has 0 saturated heterocycles. The lowest BCUT2D eigenvalue weighted by Crippen LogP contribution is -2.48. The number of amides is 2. The molecule has 0 saturated carbocycles. The minimum atomic E-state index is -0.603. The van der Waals surface area contributed by atoms with Gasteiger partial charge in [0.1, 0.15) is 12.3 Å². The van der Waals surface area contributed by atoms with Gasteiger partial charge in [-0.05, 0) is 31.5 Å². The van der Waals surface area contributed by atoms with Crippen LogP contribution in [0.3, 0.4) is 0 Å². The van der Waals surface area contributed by atoms with E-state index < -0.39 is 6.10 Å². The van der Waals surface area contributed by atoms with Gasteiger partial charge < -0.3 is 15.8 Å². The lowest BCUT2D eigenvalue weighted by atomic mass is 10.1. The Morgan fingerprint density at radius 1 is 1.55 bits per heavy atom. The standard InChI is InChI=1S/C14H19N3O3/c1-8(15)10-4-5-12-11(6-10)17(7-13(18)16-3)14(19)9(2)20-12/h4-6,8-9H,7,15H2,1-3H3,(H,16,18). The third-order valence-electron chi connectivity index (χ3n) is 3.30. The number of nitrogens with one attached hydrogen (secondary N) is 1. The molecule has 0 fully saturated rings. The molecule has 0 radical (unpaired) electrons. The highest BCUT2D eigenvalue weighted by Gasteiger charge is 2.32. The van der Waals surface area contributed by atoms with Gasteiger partial charge in [0.2, 0.25) is 5.91 Å². The number of nitrogens with zero attached hydrogens (tertiary/aromatic N) is 1. The van der Waals surface area contributed by atoms with E-state index in [0.29, 0.717) is 11.4 Å². The summed E-state index contributed by atoms with van der Waals surface area (Å²) in [4.78, 5) is 25.2. The van der Waals surface area contributed by atoms with Crippen LogP contribution in [0.1, 0.15) is 25.5 Å². The van der Waals surface area contributed by atoms with Crippen LogP contribution in [0.5, 0.6) is 5.75 Å². The second kappa shape index (κ2) is 5.50. The van der Waals surface area contributed by atoms with Crippen molar-refractivity contribution in [3.8, 4) is 5.75 Å². The first-order valence-corrected chi connectivity index (χ1v) is 6.52. The van der Waals surface area contributed by atoms with Gasteiger partial charge >= 0.3 is 0 Å². The number of rotatable bonds is 3. The molecule has 2 atom stereocenters. The molecule has 6 nitrogen and oxygen atoms in total. The van der Waals surface area contributed by atoms with Gasteiger partial charge in [0.15, 0.2) is 6.10 Å². The summed E-state index contributed by atoms with van der Waals surface area (Å²) in [7, 11) is 1.54. The van der Waals surface area contributed by atoms with E-state index in [1.807, 2.05) is 13.0 Å². The van der Waals surface area contributed by atoms with E-state index in [9.17, 15) is 9.59 Å². The number of hydrogen-bond acceptors (Lipinski definition) is 4. The zero-order valence-corrected chi connectivity index (χ0v) is 11.8. The van der Waals surface area contributed by atoms with Crippen molar-refractivity contribution < 1.29 is 14.3 Å². The van der Waals surface area contributed by atoms with Crippen LogP contribution in [0.15, 0.2) is 18.2 Å². The second-order valence-corrected chi connectivity index (χ2v) is 4.87. The summed E-state index contributed by atoms with van der Waals surface area (Å²) in [5.74, 6) is 0.123. The van der Waals surface area contributed by atoms with E-state index in [2.05, 4.69) is 5.32 Å². The Morgan fingerprint density at radius 3 is 2.85 bits per heavy atom. The van der Waals surface area contributed by atoms with Crippen molar-refractivity contribution in [1.82, 2.24) is 5.32 Å². The van der Waals surface area contributed by atoms with Crippen molar-refractivity contribution in [3.63, 3.8) is 0 Å². The first kappa shape index (κ1) is 14.3. The highest BCUT2D eigenvalue weighted by Crippen LogP contribution is 2.35. The molecule has 2 unspecified atom stereocenters. The Morgan fingerprint density at radius 2 is 2.25 bits per heavy atom. The van der Waals surface area contributed by atoms with Gasteiger partial charge in [0, 0.05) is 13.1 Å². The van der Waals surface area contributed by atoms with Gasteiger partial charge in [-0.15, -0.1) is 0 Å². The zero-order chi connectivity index (χ0) is 14.9. The Balaban J connectivity index is 2.43. The number of nitrogens with two attached hydrogens (primary N) is 1. The van der Waals surface area contributed by atoms with E-state index in [-0.39, 0.29) is 24.4 Å². The topological polar surface area (TPSA) is 84.7 Å². The number of carbonyl (C=O) groups is 2. The van der Waals surface area contributed by atoms with Crippen molar-refractivity contribution in [1.29, 1.82) is 0 Å². The van der Waals surface area contributed by atoms with Crippen LogP contribution in [0.4, 0.5) is 5.69 Å². The molecule has 0 aliphatic carbocycles. The maximum Gasteiger partial charge on any atom is 0.268 e. The summed E-state index contributed by atoms with van der Waals surface area (Å²) >= 11 is 0. The molecular weight excluding hydrogens is 258 g/mol. The average molecular weight is 277 g/mol. The Kier molecular flexibility index (Phi) is 3.94. The number of hydrogen-bond donors (Lipinski definition) is 2. The smallest absolute Gasteiger partial charge is 0.268 e. The monoisotopic (exact) mass is 277 g/mol. The number of anilines is 1. The molecule has 3 N–H and O–H groups in total. The predicted octanol–water partition coefficient (Wildman–Crippen LogP) is 0.566. The number of benzene rings is 1. The minimum absolute atomic E-state index is 0.0293. The summed E-state index contributed by atoms with van der Waals surface area (Å²) in [5.41, 5.74) is 7.33. The lowest BCUT2D eigenvalue weighted by Gasteiger charge is -2.33. The molecule has 108 valence electrons. The summed E-state index contributed by atoms with van der Waals surface area (Å²) in [6.07, 6.45) is -0.603. The second-order valence-electron chi connectivity index (χ2n) is 4.87. The first-order valence-electron chi connectivity index (χ1n) is 6.52. The van der Waals surface area contributed by atoms with Crippen LogP contribution in [-0.4, -0.2) is 31.5 Å². The van der Waals surface area contributed by atoms with Crippen LogP contribution in [0, 0.1) is 0 Å². The van der Waals surface area contributed by atoms with Crippen LogP contribution in [0.2, 0.25) is 0 Å². The maximum atomic E-state index is 12.2. The number of ether oxygens (including phenoxy) is 1. The molecule has 0 aromatic heterocycles. The average Bonchev–Trinajstić information content (AvgIpc) is 2.43. The number of likely N-dealkylation sites (N-methyl/N-ethyl adjacent to an activating group) is 1. The third-order valence-corrected chi connectivity index (χ3v) is 3.30. The molecule has 6 heteroatoms. The molecule has 2 rings (SSSR count). The molecule has 1 heterocycles. The van der Waals surface area contributed by atoms with Crippen molar-refractivity contribution in [2.45, 2.75) is 26.0 Å². The SMILES string of the molecule is CNC(=O)CN1C(=O)C(C)Oc2ccc(C(C)N)cc21. The third kappa shape index (κ3) is 2.60. The number of carbonyl (C=O) groups excluding carboxylic acids is 2. The van der Waals surface area contributed by atoms with Crippen LogP contribution >= 0.6 is 0 Å². The van der Waals surface area contributed by atoms with Gasteiger partial charge in [-0.2, -0.15) is 0 Å². The molecule has 20 heavy (non-hydrogen) atoms. The van der Waals surface area contributed by atoms with Crippen molar-refractivity contribution in [2.24, 2.45) is 5.73 Å². The molecule has 1 aliphatic heterocycles. The van der Waals surface area contributed by atoms with E-state index in [1.54, 1.807) is 19.1 Å². The highest BCUT2D eigenvalue weighted by molar-refractivity contribution is 6.03. The normalized spacial score (nSPS) is 19.1. The lowest BCUT2D eigenvalue weighted by molar-refractivity contribution is -0.128. The molecule has 1 aromatic rings. The minimum Gasteiger partial charge on any atom is -0.479 e. The molecule has 0 bridgehead atoms. The largest absolute Gasteiger partial charge is 0.479 e. The van der Waals surface area contributed by atoms with Crippen LogP contribution in [0.25, 0.3) is 0 Å². The first-order chi connectivity index (χ1) is 9.43. The fourth-order valence-electron chi connectivity index (χ4n) is 2.09. The predicted molar refractivity (Wildman–Crippen MR) is 75.6 cm³/mol. The zero-order valence-electron chi connectivity index (χ0n) is 11.8. The van der Waals surface area contributed by atoms with Crippen molar-refractivity contribution in [2.75, 3.05) is 18.5 Å². The molecule has 1 aliphatic rings. The summed E-state index contributed by atoms with van der Waals surface area (Å²) < 4.78 is 5.56. The fraction of sp³-hybridized carbons (Fsp3) is 0.429. The van der Waals surface area contributed by atoms with Gasteiger partial charge in [-0.25, -0.2) is 0 Å². The summed E-state index contributed by atoms with van der Waals surface area (Å²) in [5, 5.41) is 2.52. The highest BCUT2D eigenvalue weighted by atomic mass is 16.5. The summed E-state index contributed by atoms with van der Waals surface area (Å²) in [6, 6.07) is 5.29. The van der Waals surface area contributed by atoms with Gasteiger partial charge in [-0.1, -0.05) is 6.07 Å². The van der Waals surface area contributed by atoms with Gasteiger partial charge in [0.05, 0.1) is 5.69 Å². The van der Waals surface area contributed by atoms with Gasteiger partial charge in [-0.3, -0.25) is 14.5 Å². The van der Waals surface area contributed by atoms with Gasteiger partial charge in [0.25, 0.3) is 5.91 Å². The fourth-order valence-corrected chi connectivity index (χ4v) is 2.09. The Hall–Kier alpha value is -2.08. The van der Waals surface area contributed by atoms with Crippen molar-refractivity contribution >= 4 is 17.5 Å². The molecular formula is C14H19N3O3. The van der Waals surface area contributed by atoms with E-state index in [4.69, 9.17) is 10.5 Å². The van der Waals surface area contributed by atoms with Crippen LogP contribution in [-0.2, 0) is 9.59 Å².